The van der Waals surface area contributed by atoms with Crippen LogP contribution in [0, 0.1) is 16.7 Å². The van der Waals surface area contributed by atoms with Gasteiger partial charge in [0.1, 0.15) is 28.6 Å². The van der Waals surface area contributed by atoms with Crippen molar-refractivity contribution in [3.05, 3.63) is 82.4 Å². The lowest BCUT2D eigenvalue weighted by atomic mass is 9.62. The maximum Gasteiger partial charge on any atom is 0.248 e. The zero-order valence-corrected chi connectivity index (χ0v) is 19.3. The third-order valence-electron chi connectivity index (χ3n) is 6.82. The van der Waals surface area contributed by atoms with Gasteiger partial charge in [0, 0.05) is 24.1 Å². The lowest BCUT2D eigenvalue weighted by molar-refractivity contribution is -0.125. The number of rotatable bonds is 3. The standard InChI is InChI=1S/C27H25N3O4/c1-26(2)12-21(31)23-22(13-26)34-24(29)19(14-28)27(23)18-9-4-5-10-20(18)30(25(27)32)15-16-7-6-8-17(11-16)33-3/h4-11H,12-13,15,29H2,1-3H3/t27-/m1/s1. The van der Waals surface area contributed by atoms with E-state index in [0.717, 1.165) is 5.56 Å². The van der Waals surface area contributed by atoms with Crippen molar-refractivity contribution in [1.29, 1.82) is 5.26 Å². The van der Waals surface area contributed by atoms with Gasteiger partial charge in [0.2, 0.25) is 11.8 Å². The predicted molar refractivity (Wildman–Crippen MR) is 125 cm³/mol. The maximum absolute atomic E-state index is 14.4. The lowest BCUT2D eigenvalue weighted by Gasteiger charge is -2.41. The topological polar surface area (TPSA) is 106 Å². The molecule has 2 aromatic carbocycles. The third-order valence-corrected chi connectivity index (χ3v) is 6.82. The van der Waals surface area contributed by atoms with Crippen LogP contribution in [-0.4, -0.2) is 18.8 Å². The number of para-hydroxylation sites is 1. The Balaban J connectivity index is 1.75. The number of carbonyl (C=O) groups is 2. The SMILES string of the molecule is COc1cccc(CN2C(=O)[C@@]3(C(C#N)=C(N)OC4=C3C(=O)CC(C)(C)C4)c3ccccc32)c1. The molecular formula is C27H25N3O4. The molecule has 1 spiro atoms. The minimum Gasteiger partial charge on any atom is -0.497 e. The van der Waals surface area contributed by atoms with Gasteiger partial charge in [0.05, 0.1) is 19.2 Å². The Hall–Kier alpha value is -4.05. The van der Waals surface area contributed by atoms with Gasteiger partial charge in [-0.2, -0.15) is 5.26 Å². The molecule has 2 aromatic rings. The third kappa shape index (κ3) is 2.95. The molecule has 0 radical (unpaired) electrons. The van der Waals surface area contributed by atoms with Gasteiger partial charge < -0.3 is 20.1 Å². The highest BCUT2D eigenvalue weighted by atomic mass is 16.5. The Morgan fingerprint density at radius 1 is 1.15 bits per heavy atom. The first-order valence-electron chi connectivity index (χ1n) is 11.1. The second-order valence-electron chi connectivity index (χ2n) is 9.70. The average molecular weight is 456 g/mol. The predicted octanol–water partition coefficient (Wildman–Crippen LogP) is 3.85. The summed E-state index contributed by atoms with van der Waals surface area (Å²) >= 11 is 0. The summed E-state index contributed by atoms with van der Waals surface area (Å²) < 4.78 is 11.2. The first-order valence-corrected chi connectivity index (χ1v) is 11.1. The van der Waals surface area contributed by atoms with Gasteiger partial charge in [0.15, 0.2) is 5.78 Å². The Bertz CT molecular complexity index is 1350. The minimum absolute atomic E-state index is 0.0371. The normalized spacial score (nSPS) is 22.9. The monoisotopic (exact) mass is 455 g/mol. The number of Topliss-reactive ketones (excluding diaryl/α,β-unsaturated/α-hetero) is 1. The maximum atomic E-state index is 14.4. The van der Waals surface area contributed by atoms with Crippen LogP contribution in [0.4, 0.5) is 5.69 Å². The van der Waals surface area contributed by atoms with Crippen molar-refractivity contribution in [2.24, 2.45) is 11.1 Å². The molecule has 3 aliphatic rings. The summed E-state index contributed by atoms with van der Waals surface area (Å²) in [6.45, 7) is 4.20. The lowest BCUT2D eigenvalue weighted by Crippen LogP contribution is -2.50. The van der Waals surface area contributed by atoms with Crippen LogP contribution in [0.3, 0.4) is 0 Å². The molecule has 0 aromatic heterocycles. The highest BCUT2D eigenvalue weighted by Crippen LogP contribution is 2.57. The number of fused-ring (bicyclic) bond motifs is 3. The number of methoxy groups -OCH3 is 1. The van der Waals surface area contributed by atoms with Crippen LogP contribution in [0.2, 0.25) is 0 Å². The summed E-state index contributed by atoms with van der Waals surface area (Å²) in [7, 11) is 1.59. The van der Waals surface area contributed by atoms with E-state index in [0.29, 0.717) is 29.2 Å². The molecule has 1 atom stereocenters. The zero-order valence-electron chi connectivity index (χ0n) is 19.3. The number of carbonyl (C=O) groups excluding carboxylic acids is 2. The molecule has 172 valence electrons. The number of benzene rings is 2. The van der Waals surface area contributed by atoms with E-state index in [9.17, 15) is 14.9 Å². The smallest absolute Gasteiger partial charge is 0.248 e. The molecule has 2 N–H and O–H groups in total. The fourth-order valence-electron chi connectivity index (χ4n) is 5.45. The van der Waals surface area contributed by atoms with Crippen LogP contribution < -0.4 is 15.4 Å². The molecule has 2 heterocycles. The fourth-order valence-corrected chi connectivity index (χ4v) is 5.45. The Labute approximate surface area is 198 Å². The van der Waals surface area contributed by atoms with Gasteiger partial charge in [0.25, 0.3) is 0 Å². The van der Waals surface area contributed by atoms with Crippen LogP contribution in [0.15, 0.2) is 71.3 Å². The second kappa shape index (κ2) is 7.49. The van der Waals surface area contributed by atoms with Gasteiger partial charge in [-0.05, 0) is 29.2 Å². The Kier molecular flexibility index (Phi) is 4.80. The Morgan fingerprint density at radius 2 is 1.91 bits per heavy atom. The quantitative estimate of drug-likeness (QED) is 0.754. The van der Waals surface area contributed by atoms with E-state index in [1.54, 1.807) is 24.1 Å². The average Bonchev–Trinajstić information content (AvgIpc) is 3.02. The highest BCUT2D eigenvalue weighted by Gasteiger charge is 2.62. The van der Waals surface area contributed by atoms with Gasteiger partial charge in [-0.3, -0.25) is 9.59 Å². The van der Waals surface area contributed by atoms with Gasteiger partial charge in [-0.15, -0.1) is 0 Å². The summed E-state index contributed by atoms with van der Waals surface area (Å²) in [5, 5.41) is 10.2. The van der Waals surface area contributed by atoms with Crippen LogP contribution in [0.5, 0.6) is 5.75 Å². The van der Waals surface area contributed by atoms with E-state index in [-0.39, 0.29) is 47.1 Å². The number of nitrogens with two attached hydrogens (primary N) is 1. The van der Waals surface area contributed by atoms with E-state index in [4.69, 9.17) is 15.2 Å². The number of amides is 1. The summed E-state index contributed by atoms with van der Waals surface area (Å²) in [5.74, 6) is 0.356. The number of ether oxygens (including phenoxy) is 2. The number of allylic oxidation sites excluding steroid dienone is 1. The number of hydrogen-bond donors (Lipinski definition) is 1. The molecule has 0 fully saturated rings. The van der Waals surface area contributed by atoms with Crippen LogP contribution in [0.25, 0.3) is 0 Å². The highest BCUT2D eigenvalue weighted by molar-refractivity contribution is 6.20. The van der Waals surface area contributed by atoms with E-state index in [1.807, 2.05) is 50.2 Å². The van der Waals surface area contributed by atoms with Crippen molar-refractivity contribution in [2.75, 3.05) is 12.0 Å². The first-order chi connectivity index (χ1) is 16.2. The molecule has 34 heavy (non-hydrogen) atoms. The van der Waals surface area contributed by atoms with Crippen LogP contribution in [0.1, 0.15) is 37.8 Å². The Morgan fingerprint density at radius 3 is 2.65 bits per heavy atom. The van der Waals surface area contributed by atoms with Crippen molar-refractivity contribution < 1.29 is 19.1 Å². The summed E-state index contributed by atoms with van der Waals surface area (Å²) in [4.78, 5) is 29.6. The first kappa shape index (κ1) is 21.8. The van der Waals surface area contributed by atoms with Crippen LogP contribution >= 0.6 is 0 Å². The van der Waals surface area contributed by atoms with Crippen molar-refractivity contribution >= 4 is 17.4 Å². The molecule has 5 rings (SSSR count). The molecular weight excluding hydrogens is 430 g/mol. The number of nitriles is 1. The molecule has 0 unspecified atom stereocenters. The number of hydrogen-bond acceptors (Lipinski definition) is 6. The second-order valence-corrected chi connectivity index (χ2v) is 9.70. The molecule has 1 amide bonds. The van der Waals surface area contributed by atoms with Crippen molar-refractivity contribution in [3.63, 3.8) is 0 Å². The van der Waals surface area contributed by atoms with E-state index in [2.05, 4.69) is 6.07 Å². The van der Waals surface area contributed by atoms with Gasteiger partial charge >= 0.3 is 0 Å². The molecule has 0 bridgehead atoms. The van der Waals surface area contributed by atoms with E-state index < -0.39 is 5.41 Å². The molecule has 0 saturated heterocycles. The van der Waals surface area contributed by atoms with Crippen molar-refractivity contribution in [2.45, 2.75) is 38.6 Å². The largest absolute Gasteiger partial charge is 0.497 e. The molecule has 7 nitrogen and oxygen atoms in total. The number of nitrogens with zero attached hydrogens (tertiary/aromatic N) is 2. The minimum atomic E-state index is -1.62. The van der Waals surface area contributed by atoms with Gasteiger partial charge in [-0.25, -0.2) is 0 Å². The molecule has 7 heteroatoms. The zero-order chi connectivity index (χ0) is 24.3. The molecule has 0 saturated carbocycles. The van der Waals surface area contributed by atoms with E-state index >= 15 is 0 Å². The summed E-state index contributed by atoms with van der Waals surface area (Å²) in [6.07, 6.45) is 0.696. The number of anilines is 1. The van der Waals surface area contributed by atoms with Crippen LogP contribution in [-0.2, 0) is 26.3 Å². The van der Waals surface area contributed by atoms with Crippen molar-refractivity contribution in [1.82, 2.24) is 0 Å². The summed E-state index contributed by atoms with van der Waals surface area (Å²) in [6, 6.07) is 16.8. The fraction of sp³-hybridized carbons (Fsp3) is 0.296. The van der Waals surface area contributed by atoms with Crippen molar-refractivity contribution in [3.8, 4) is 11.8 Å². The van der Waals surface area contributed by atoms with Gasteiger partial charge in [-0.1, -0.05) is 44.2 Å². The number of ketones is 1. The molecule has 2 aliphatic heterocycles. The molecule has 1 aliphatic carbocycles. The summed E-state index contributed by atoms with van der Waals surface area (Å²) in [5.41, 5.74) is 6.55. The van der Waals surface area contributed by atoms with E-state index in [1.165, 1.54) is 0 Å².